The van der Waals surface area contributed by atoms with Crippen LogP contribution in [0.4, 0.5) is 9.59 Å². The van der Waals surface area contributed by atoms with Crippen molar-refractivity contribution < 1.29 is 38.3 Å². The molecule has 1 unspecified atom stereocenters. The molecular formula is C45H50N6O8Rf2-2. The van der Waals surface area contributed by atoms with Crippen LogP contribution in [0.3, 0.4) is 0 Å². The van der Waals surface area contributed by atoms with E-state index in [-0.39, 0.29) is 13.0 Å². The molecule has 6 N–H and O–H groups in total. The quantitative estimate of drug-likeness (QED) is 0.0186. The number of rotatable bonds is 26. The second-order valence-electron chi connectivity index (χ2n) is 11.5. The largest absolute Gasteiger partial charge is 0.483 e. The van der Waals surface area contributed by atoms with Crippen LogP contribution in [0, 0.1) is 121 Å². The summed E-state index contributed by atoms with van der Waals surface area (Å²) < 4.78 is 9.45. The Morgan fingerprint density at radius 1 is 0.492 bits per heavy atom. The number of hydroxylamine groups is 1. The molecule has 0 aromatic carbocycles. The molecule has 0 bridgehead atoms. The predicted octanol–water partition coefficient (Wildman–Crippen LogP) is 1.64. The first-order valence-corrected chi connectivity index (χ1v) is 19.0. The number of unbranched alkanes of at least 4 members (excludes halogenated alkanes) is 8. The molecule has 1 atom stereocenters. The molecule has 61 heavy (non-hydrogen) atoms. The van der Waals surface area contributed by atoms with Crippen LogP contribution in [0.5, 0.6) is 0 Å². The molecule has 0 aliphatic heterocycles. The minimum Gasteiger partial charge on any atom is -0.483 e. The zero-order valence-corrected chi connectivity index (χ0v) is 47.5. The Hall–Kier alpha value is -9.09. The molecule has 0 fully saturated rings. The third kappa shape index (κ3) is 39.0. The zero-order valence-electron chi connectivity index (χ0n) is 34.7. The Morgan fingerprint density at radius 2 is 0.885 bits per heavy atom. The van der Waals surface area contributed by atoms with Crippen LogP contribution in [0.2, 0.25) is 0 Å². The van der Waals surface area contributed by atoms with Gasteiger partial charge in [0.2, 0.25) is 11.8 Å². The summed E-state index contributed by atoms with van der Waals surface area (Å²) in [5.41, 5.74) is 2.59. The molecule has 0 rings (SSSR count). The topological polar surface area (TPSA) is 185 Å². The third-order valence-corrected chi connectivity index (χ3v) is 6.94. The summed E-state index contributed by atoms with van der Waals surface area (Å²) in [4.78, 5) is 65.0. The van der Waals surface area contributed by atoms with E-state index in [0.29, 0.717) is 58.5 Å². The number of terminal acetylenes is 1. The van der Waals surface area contributed by atoms with Gasteiger partial charge in [0.05, 0.1) is 0 Å². The molecule has 0 heterocycles. The van der Waals surface area contributed by atoms with Crippen molar-refractivity contribution in [1.82, 2.24) is 32.1 Å². The molecule has 0 aromatic heterocycles. The van der Waals surface area contributed by atoms with Crippen LogP contribution in [0.25, 0.3) is 0 Å². The van der Waals surface area contributed by atoms with Crippen molar-refractivity contribution >= 4 is 30.0 Å². The first kappa shape index (κ1) is 56.2. The second kappa shape index (κ2) is 43.6. The summed E-state index contributed by atoms with van der Waals surface area (Å²) in [6, 6.07) is -1.06. The van der Waals surface area contributed by atoms with Gasteiger partial charge in [-0.05, 0) is 99.0 Å². The van der Waals surface area contributed by atoms with Crippen molar-refractivity contribution in [3.05, 3.63) is 13.8 Å². The number of ether oxygens (including phenoxy) is 2. The fourth-order valence-corrected chi connectivity index (χ4v) is 4.17. The van der Waals surface area contributed by atoms with Gasteiger partial charge in [-0.15, -0.1) is 6.42 Å². The van der Waals surface area contributed by atoms with Gasteiger partial charge in [0.1, 0.15) is 6.11 Å². The Bertz CT molecular complexity index is 1910. The predicted molar refractivity (Wildman–Crippen MR) is 223 cm³/mol. The average Bonchev–Trinajstić information content (AvgIpc) is 3.23. The number of nitrogens with one attached hydrogen (secondary N) is 6. The van der Waals surface area contributed by atoms with E-state index in [1.807, 2.05) is 0 Å². The number of amides is 4. The van der Waals surface area contributed by atoms with Crippen molar-refractivity contribution in [1.29, 1.82) is 0 Å². The van der Waals surface area contributed by atoms with Crippen LogP contribution in [-0.2, 0) is 28.7 Å². The van der Waals surface area contributed by atoms with Crippen molar-refractivity contribution in [2.45, 2.75) is 83.1 Å². The van der Waals surface area contributed by atoms with E-state index < -0.39 is 36.0 Å². The molecular weight excluding hydrogens is 1290 g/mol. The fourth-order valence-electron chi connectivity index (χ4n) is 4.17. The molecule has 314 valence electrons. The van der Waals surface area contributed by atoms with Gasteiger partial charge >= 0.3 is 12.2 Å². The van der Waals surface area contributed by atoms with Crippen molar-refractivity contribution in [2.24, 2.45) is 0 Å². The SMILES string of the molecule is C#CC#CC#CC#CC#CC#CC#CC#CC#COC(=O)NCCCCCCNC(=O)C(NCCCCCNOC(=O)C[CH2-])C(=O)NCCCCCCNC(=O)OC[CH2-].[Rf].[Rf]. The Labute approximate surface area is 349 Å². The van der Waals surface area contributed by atoms with E-state index in [1.165, 1.54) is 0 Å². The van der Waals surface area contributed by atoms with Crippen LogP contribution in [0.1, 0.15) is 77.0 Å². The third-order valence-electron chi connectivity index (χ3n) is 6.94. The molecule has 0 radical (unpaired) electrons. The van der Waals surface area contributed by atoms with E-state index in [9.17, 15) is 24.0 Å². The Kier molecular flexibility index (Phi) is 40.2. The van der Waals surface area contributed by atoms with E-state index >= 15 is 0 Å². The van der Waals surface area contributed by atoms with Crippen LogP contribution < -0.4 is 32.1 Å². The molecule has 14 nitrogen and oxygen atoms in total. The van der Waals surface area contributed by atoms with Gasteiger partial charge in [-0.1, -0.05) is 38.5 Å². The zero-order chi connectivity index (χ0) is 43.3. The maximum Gasteiger partial charge on any atom is 0.421 e. The number of carbonyl (C=O) groups is 5. The molecule has 0 spiro atoms. The van der Waals surface area contributed by atoms with Crippen LogP contribution in [0.15, 0.2) is 0 Å². The molecule has 0 aliphatic rings. The summed E-state index contributed by atoms with van der Waals surface area (Å²) in [7, 11) is 0. The van der Waals surface area contributed by atoms with E-state index in [0.717, 1.165) is 51.4 Å². The van der Waals surface area contributed by atoms with Crippen molar-refractivity contribution in [3.63, 3.8) is 0 Å². The molecule has 16 heteroatoms. The molecule has 0 aromatic rings. The minimum atomic E-state index is -1.06. The number of hydrogen-bond donors (Lipinski definition) is 6. The fraction of sp³-hybridized carbons (Fsp3) is 0.444. The maximum absolute atomic E-state index is 13.0. The van der Waals surface area contributed by atoms with Crippen LogP contribution >= 0.6 is 0 Å². The minimum absolute atomic E-state index is 0. The van der Waals surface area contributed by atoms with Gasteiger partial charge in [0.15, 0.2) is 6.04 Å². The first-order chi connectivity index (χ1) is 28.8. The average molecular weight is 1340 g/mol. The van der Waals surface area contributed by atoms with Gasteiger partial charge in [-0.25, -0.2) is 9.59 Å². The van der Waals surface area contributed by atoms with Gasteiger partial charge in [-0.2, -0.15) is 5.48 Å². The summed E-state index contributed by atoms with van der Waals surface area (Å²) in [5.74, 6) is 37.4. The smallest absolute Gasteiger partial charge is 0.421 e. The summed E-state index contributed by atoms with van der Waals surface area (Å²) in [5, 5.41) is 14.0. The standard InChI is InChI=1S/C45H50N6O8.2Rf/c1-4-7-8-9-10-11-12-13-14-15-16-17-18-19-24-32-39-58-45(56)50-37-29-23-21-27-35-48-43(54)41(46-33-30-25-31-38-51-59-40(52)5-2)42(53)47-34-26-20-22-28-36-49-44(55)57-6-3;;/h1,41,46,51H,2-3,5-6,20-23,25-31,33-38H2,(H,47,53)(H,48,54)(H,49,55)(H,50,56);;/q-2;;. The monoisotopic (exact) mass is 1340 g/mol. The Balaban J connectivity index is -0.0000168. The first-order valence-electron chi connectivity index (χ1n) is 19.0. The summed E-state index contributed by atoms with van der Waals surface area (Å²) in [6.45, 7) is 9.54. The number of carbonyl (C=O) groups excluding carboxylic acids is 5. The second-order valence-corrected chi connectivity index (χ2v) is 11.5. The van der Waals surface area contributed by atoms with Crippen molar-refractivity contribution in [3.8, 4) is 107 Å². The molecule has 0 aliphatic carbocycles. The molecule has 0 saturated heterocycles. The van der Waals surface area contributed by atoms with Gasteiger partial charge < -0.3 is 49.4 Å². The maximum atomic E-state index is 13.0. The van der Waals surface area contributed by atoms with Crippen LogP contribution in [-0.4, -0.2) is 81.9 Å². The molecule has 0 saturated carbocycles. The molecule has 4 amide bonds. The van der Waals surface area contributed by atoms with E-state index in [4.69, 9.17) is 20.7 Å². The normalized spacial score (nSPS) is 8.80. The van der Waals surface area contributed by atoms with Gasteiger partial charge in [0, 0.05) is 80.1 Å². The summed E-state index contributed by atoms with van der Waals surface area (Å²) in [6.07, 6.45) is 14.3. The van der Waals surface area contributed by atoms with Gasteiger partial charge in [0.25, 0.3) is 5.97 Å². The number of hydrogen-bond acceptors (Lipinski definition) is 10. The van der Waals surface area contributed by atoms with E-state index in [1.54, 1.807) is 0 Å². The number of alkyl carbamates (subject to hydrolysis) is 2. The summed E-state index contributed by atoms with van der Waals surface area (Å²) >= 11 is 0. The van der Waals surface area contributed by atoms with Gasteiger partial charge in [-0.3, -0.25) is 19.7 Å². The Morgan fingerprint density at radius 3 is 1.34 bits per heavy atom. The van der Waals surface area contributed by atoms with E-state index in [2.05, 4.69) is 147 Å². The van der Waals surface area contributed by atoms with Crippen molar-refractivity contribution in [2.75, 3.05) is 45.9 Å².